The number of aromatic amines is 1. The van der Waals surface area contributed by atoms with Gasteiger partial charge in [0.15, 0.2) is 0 Å². The second kappa shape index (κ2) is 6.71. The highest BCUT2D eigenvalue weighted by molar-refractivity contribution is 5.87. The van der Waals surface area contributed by atoms with Crippen LogP contribution in [0.4, 0.5) is 5.82 Å². The molecule has 2 aliphatic rings. The summed E-state index contributed by atoms with van der Waals surface area (Å²) in [5.74, 6) is 0.993. The fraction of sp³-hybridized carbons (Fsp3) is 0.684. The standard InChI is InChI=1S/C19H28N4O/c24-19(10-5-2-6-11-19)13-23(15-7-3-1-4-8-15)18-16-9-12-20-17(16)21-14-22-18/h9,12,14-15,24H,1-8,10-11,13H2,(H,20,21,22). The van der Waals surface area contributed by atoms with Crippen LogP contribution in [0.15, 0.2) is 18.6 Å². The Labute approximate surface area is 143 Å². The summed E-state index contributed by atoms with van der Waals surface area (Å²) in [4.78, 5) is 14.6. The summed E-state index contributed by atoms with van der Waals surface area (Å²) < 4.78 is 0. The molecule has 5 heteroatoms. The van der Waals surface area contributed by atoms with Crippen molar-refractivity contribution in [1.29, 1.82) is 0 Å². The molecule has 4 rings (SSSR count). The molecule has 0 amide bonds. The van der Waals surface area contributed by atoms with Gasteiger partial charge in [-0.3, -0.25) is 0 Å². The molecule has 130 valence electrons. The van der Waals surface area contributed by atoms with Gasteiger partial charge in [0.05, 0.1) is 11.0 Å². The van der Waals surface area contributed by atoms with Crippen LogP contribution >= 0.6 is 0 Å². The molecule has 2 saturated carbocycles. The van der Waals surface area contributed by atoms with E-state index in [0.29, 0.717) is 12.6 Å². The highest BCUT2D eigenvalue weighted by Gasteiger charge is 2.35. The van der Waals surface area contributed by atoms with Gasteiger partial charge >= 0.3 is 0 Å². The Morgan fingerprint density at radius 2 is 1.83 bits per heavy atom. The number of H-pyrrole nitrogens is 1. The molecule has 2 N–H and O–H groups in total. The van der Waals surface area contributed by atoms with Crippen LogP contribution in [0.1, 0.15) is 64.2 Å². The van der Waals surface area contributed by atoms with Gasteiger partial charge in [-0.2, -0.15) is 0 Å². The first-order chi connectivity index (χ1) is 11.8. The molecule has 2 aromatic heterocycles. The maximum absolute atomic E-state index is 11.2. The Kier molecular flexibility index (Phi) is 4.44. The van der Waals surface area contributed by atoms with Crippen LogP contribution in [-0.2, 0) is 0 Å². The summed E-state index contributed by atoms with van der Waals surface area (Å²) in [6, 6.07) is 2.54. The van der Waals surface area contributed by atoms with Gasteiger partial charge in [-0.05, 0) is 31.7 Å². The third-order valence-electron chi connectivity index (χ3n) is 5.87. The zero-order valence-corrected chi connectivity index (χ0v) is 14.4. The van der Waals surface area contributed by atoms with Gasteiger partial charge in [-0.1, -0.05) is 38.5 Å². The maximum Gasteiger partial charge on any atom is 0.142 e. The first-order valence-corrected chi connectivity index (χ1v) is 9.52. The van der Waals surface area contributed by atoms with Crippen molar-refractivity contribution in [1.82, 2.24) is 15.0 Å². The third-order valence-corrected chi connectivity index (χ3v) is 5.87. The van der Waals surface area contributed by atoms with Gasteiger partial charge in [0.25, 0.3) is 0 Å². The average Bonchev–Trinajstić information content (AvgIpc) is 3.10. The van der Waals surface area contributed by atoms with Crippen molar-refractivity contribution < 1.29 is 5.11 Å². The summed E-state index contributed by atoms with van der Waals surface area (Å²) in [6.07, 6.45) is 15.2. The van der Waals surface area contributed by atoms with E-state index in [2.05, 4.69) is 25.9 Å². The summed E-state index contributed by atoms with van der Waals surface area (Å²) in [6.45, 7) is 0.703. The summed E-state index contributed by atoms with van der Waals surface area (Å²) >= 11 is 0. The Hall–Kier alpha value is -1.62. The predicted molar refractivity (Wildman–Crippen MR) is 96.1 cm³/mol. The molecule has 0 atom stereocenters. The predicted octanol–water partition coefficient (Wildman–Crippen LogP) is 3.79. The topological polar surface area (TPSA) is 65.0 Å². The van der Waals surface area contributed by atoms with E-state index < -0.39 is 5.60 Å². The van der Waals surface area contributed by atoms with E-state index in [4.69, 9.17) is 0 Å². The lowest BCUT2D eigenvalue weighted by Gasteiger charge is -2.42. The van der Waals surface area contributed by atoms with E-state index >= 15 is 0 Å². The summed E-state index contributed by atoms with van der Waals surface area (Å²) in [5, 5.41) is 12.2. The van der Waals surface area contributed by atoms with Crippen molar-refractivity contribution in [2.24, 2.45) is 0 Å². The lowest BCUT2D eigenvalue weighted by Crippen LogP contribution is -2.49. The minimum Gasteiger partial charge on any atom is -0.388 e. The van der Waals surface area contributed by atoms with Crippen LogP contribution in [0.5, 0.6) is 0 Å². The van der Waals surface area contributed by atoms with Crippen molar-refractivity contribution in [2.75, 3.05) is 11.4 Å². The van der Waals surface area contributed by atoms with E-state index in [-0.39, 0.29) is 0 Å². The fourth-order valence-electron chi connectivity index (χ4n) is 4.54. The highest BCUT2D eigenvalue weighted by atomic mass is 16.3. The van der Waals surface area contributed by atoms with Gasteiger partial charge in [-0.25, -0.2) is 9.97 Å². The van der Waals surface area contributed by atoms with Crippen LogP contribution in [0.25, 0.3) is 11.0 Å². The number of nitrogens with one attached hydrogen (secondary N) is 1. The number of nitrogens with zero attached hydrogens (tertiary/aromatic N) is 3. The summed E-state index contributed by atoms with van der Waals surface area (Å²) in [5.41, 5.74) is 0.319. The van der Waals surface area contributed by atoms with Gasteiger partial charge in [0, 0.05) is 18.8 Å². The number of anilines is 1. The largest absolute Gasteiger partial charge is 0.388 e. The van der Waals surface area contributed by atoms with Crippen LogP contribution in [0.2, 0.25) is 0 Å². The van der Waals surface area contributed by atoms with Crippen LogP contribution < -0.4 is 4.90 Å². The second-order valence-electron chi connectivity index (χ2n) is 7.64. The number of rotatable bonds is 4. The van der Waals surface area contributed by atoms with Crippen molar-refractivity contribution in [3.63, 3.8) is 0 Å². The average molecular weight is 328 g/mol. The molecule has 2 heterocycles. The van der Waals surface area contributed by atoms with E-state index in [9.17, 15) is 5.11 Å². The van der Waals surface area contributed by atoms with Gasteiger partial charge < -0.3 is 15.0 Å². The molecular weight excluding hydrogens is 300 g/mol. The number of aliphatic hydroxyl groups is 1. The molecule has 0 radical (unpaired) electrons. The van der Waals surface area contributed by atoms with Crippen LogP contribution in [0.3, 0.4) is 0 Å². The molecule has 0 saturated heterocycles. The van der Waals surface area contributed by atoms with Crippen molar-refractivity contribution in [3.8, 4) is 0 Å². The molecule has 0 unspecified atom stereocenters. The zero-order valence-electron chi connectivity index (χ0n) is 14.4. The fourth-order valence-corrected chi connectivity index (χ4v) is 4.54. The molecule has 2 aliphatic carbocycles. The smallest absolute Gasteiger partial charge is 0.142 e. The minimum atomic E-state index is -0.566. The molecule has 5 nitrogen and oxygen atoms in total. The second-order valence-corrected chi connectivity index (χ2v) is 7.64. The number of aromatic nitrogens is 3. The minimum absolute atomic E-state index is 0.484. The van der Waals surface area contributed by atoms with E-state index in [1.807, 2.05) is 6.20 Å². The molecule has 2 fully saturated rings. The first kappa shape index (κ1) is 15.9. The van der Waals surface area contributed by atoms with Crippen molar-refractivity contribution in [2.45, 2.75) is 75.9 Å². The molecule has 0 bridgehead atoms. The number of fused-ring (bicyclic) bond motifs is 1. The van der Waals surface area contributed by atoms with E-state index in [0.717, 1.165) is 42.5 Å². The Morgan fingerprint density at radius 1 is 1.08 bits per heavy atom. The summed E-state index contributed by atoms with van der Waals surface area (Å²) in [7, 11) is 0. The quantitative estimate of drug-likeness (QED) is 0.896. The molecule has 0 aliphatic heterocycles. The Balaban J connectivity index is 1.68. The lowest BCUT2D eigenvalue weighted by molar-refractivity contribution is 0.00874. The zero-order chi connectivity index (χ0) is 16.4. The number of hydrogen-bond acceptors (Lipinski definition) is 4. The Morgan fingerprint density at radius 3 is 2.62 bits per heavy atom. The van der Waals surface area contributed by atoms with Crippen molar-refractivity contribution in [3.05, 3.63) is 18.6 Å². The van der Waals surface area contributed by atoms with E-state index in [1.165, 1.54) is 38.5 Å². The van der Waals surface area contributed by atoms with Crippen molar-refractivity contribution >= 4 is 16.9 Å². The van der Waals surface area contributed by atoms with Gasteiger partial charge in [-0.15, -0.1) is 0 Å². The maximum atomic E-state index is 11.2. The lowest BCUT2D eigenvalue weighted by atomic mass is 9.83. The van der Waals surface area contributed by atoms with E-state index in [1.54, 1.807) is 6.33 Å². The molecule has 24 heavy (non-hydrogen) atoms. The van der Waals surface area contributed by atoms with Gasteiger partial charge in [0.2, 0.25) is 0 Å². The van der Waals surface area contributed by atoms with Crippen LogP contribution in [0, 0.1) is 0 Å². The monoisotopic (exact) mass is 328 g/mol. The molecule has 0 aromatic carbocycles. The first-order valence-electron chi connectivity index (χ1n) is 9.52. The SMILES string of the molecule is OC1(CN(c2ncnc3[nH]ccc23)C2CCCCC2)CCCCC1. The molecule has 0 spiro atoms. The Bertz CT molecular complexity index is 671. The normalized spacial score (nSPS) is 21.9. The highest BCUT2D eigenvalue weighted by Crippen LogP contribution is 2.35. The molecule has 2 aromatic rings. The third kappa shape index (κ3) is 3.14. The molecular formula is C19H28N4O. The van der Waals surface area contributed by atoms with Gasteiger partial charge in [0.1, 0.15) is 17.8 Å². The number of hydrogen-bond donors (Lipinski definition) is 2. The van der Waals surface area contributed by atoms with Crippen LogP contribution in [-0.4, -0.2) is 38.2 Å².